The van der Waals surface area contributed by atoms with Crippen molar-refractivity contribution in [2.75, 3.05) is 0 Å². The van der Waals surface area contributed by atoms with E-state index in [4.69, 9.17) is 0 Å². The van der Waals surface area contributed by atoms with Gasteiger partial charge >= 0.3 is 0 Å². The lowest BCUT2D eigenvalue weighted by Crippen LogP contribution is -2.34. The predicted octanol–water partition coefficient (Wildman–Crippen LogP) is 1.82. The van der Waals surface area contributed by atoms with Crippen LogP contribution in [0.4, 0.5) is 0 Å². The maximum absolute atomic E-state index is 2.55. The van der Waals surface area contributed by atoms with E-state index >= 15 is 0 Å². The summed E-state index contributed by atoms with van der Waals surface area (Å²) in [7, 11) is -0.162. The van der Waals surface area contributed by atoms with Gasteiger partial charge in [-0.25, -0.2) is 0 Å². The molecule has 0 heterocycles. The Morgan fingerprint density at radius 3 is 1.62 bits per heavy atom. The van der Waals surface area contributed by atoms with E-state index in [-0.39, 0.29) is 0 Å². The van der Waals surface area contributed by atoms with Gasteiger partial charge in [0.05, 0.1) is 0 Å². The second-order valence-corrected chi connectivity index (χ2v) is 15.9. The molecule has 0 nitrogen and oxygen atoms in total. The van der Waals surface area contributed by atoms with Gasteiger partial charge in [-0.3, -0.25) is 0 Å². The van der Waals surface area contributed by atoms with Gasteiger partial charge in [0, 0.05) is 16.6 Å². The lowest BCUT2D eigenvalue weighted by Gasteiger charge is -2.20. The first-order chi connectivity index (χ1) is 3.68. The molecule has 0 aromatic heterocycles. The van der Waals surface area contributed by atoms with Crippen LogP contribution in [0.2, 0.25) is 25.2 Å². The van der Waals surface area contributed by atoms with E-state index in [0.717, 1.165) is 0 Å². The normalized spacial score (nSPS) is 13.5. The molecule has 0 unspecified atom stereocenters. The number of rotatable bonds is 3. The second kappa shape index (κ2) is 3.46. The fourth-order valence-electron chi connectivity index (χ4n) is 0.750. The van der Waals surface area contributed by atoms with Crippen LogP contribution < -0.4 is 0 Å². The minimum Gasteiger partial charge on any atom is -0.0766 e. The summed E-state index contributed by atoms with van der Waals surface area (Å²) >= 11 is 0. The third-order valence-corrected chi connectivity index (χ3v) is 15.8. The van der Waals surface area contributed by atoms with E-state index in [1.807, 2.05) is 0 Å². The van der Waals surface area contributed by atoms with Crippen LogP contribution >= 0.6 is 0 Å². The van der Waals surface area contributed by atoms with Gasteiger partial charge in [0.2, 0.25) is 0 Å². The molecule has 0 amide bonds. The molecule has 50 valence electrons. The number of hydrogen-bond donors (Lipinski definition) is 0. The zero-order valence-electron chi connectivity index (χ0n) is 6.62. The average Bonchev–Trinajstić information content (AvgIpc) is 1.87. The molecule has 0 saturated heterocycles. The summed E-state index contributed by atoms with van der Waals surface area (Å²) in [4.78, 5) is 0. The Morgan fingerprint density at radius 1 is 1.25 bits per heavy atom. The molecule has 0 atom stereocenters. The summed E-state index contributed by atoms with van der Waals surface area (Å²) in [6, 6.07) is 3.04. The van der Waals surface area contributed by atoms with Crippen LogP contribution in [-0.4, -0.2) is 16.6 Å². The highest BCUT2D eigenvalue weighted by Gasteiger charge is 2.18. The molecule has 0 aliphatic heterocycles. The molecule has 0 rings (SSSR count). The summed E-state index contributed by atoms with van der Waals surface area (Å²) in [6.07, 6.45) is 0. The molecule has 0 saturated carbocycles. The van der Waals surface area contributed by atoms with Crippen LogP contribution in [0, 0.1) is 0 Å². The van der Waals surface area contributed by atoms with Gasteiger partial charge in [-0.1, -0.05) is 39.0 Å². The highest BCUT2D eigenvalue weighted by molar-refractivity contribution is 7.23. The summed E-state index contributed by atoms with van der Waals surface area (Å²) in [5, 5.41) is 0. The van der Waals surface area contributed by atoms with Crippen LogP contribution in [0.5, 0.6) is 0 Å². The van der Waals surface area contributed by atoms with Crippen molar-refractivity contribution in [1.29, 1.82) is 0 Å². The topological polar surface area (TPSA) is 0 Å². The molecule has 0 aromatic carbocycles. The fourth-order valence-corrected chi connectivity index (χ4v) is 5.25. The van der Waals surface area contributed by atoms with Gasteiger partial charge in [0.15, 0.2) is 0 Å². The molecule has 0 N–H and O–H groups in total. The molecule has 0 aliphatic carbocycles. The zero-order valence-corrected chi connectivity index (χ0v) is 9.04. The van der Waals surface area contributed by atoms with Gasteiger partial charge in [-0.15, -0.1) is 0 Å². The Morgan fingerprint density at radius 2 is 1.62 bits per heavy atom. The van der Waals surface area contributed by atoms with Crippen molar-refractivity contribution >= 4 is 16.6 Å². The Labute approximate surface area is 56.3 Å². The maximum atomic E-state index is 2.55. The molecule has 8 heavy (non-hydrogen) atoms. The van der Waals surface area contributed by atoms with E-state index in [0.29, 0.717) is 9.04 Å². The largest absolute Gasteiger partial charge is 0.0766 e. The van der Waals surface area contributed by atoms with Crippen molar-refractivity contribution in [2.24, 2.45) is 0 Å². The molecule has 0 fully saturated rings. The monoisotopic (exact) mass is 146 g/mol. The van der Waals surface area contributed by atoms with Crippen molar-refractivity contribution < 1.29 is 0 Å². The SMILES string of the molecule is CC[Si](C)(CC)[SiH2]C. The minimum atomic E-state index is -0.532. The van der Waals surface area contributed by atoms with Crippen LogP contribution in [0.25, 0.3) is 0 Å². The summed E-state index contributed by atoms with van der Waals surface area (Å²) in [5.74, 6) is 0. The molecule has 0 bridgehead atoms. The fraction of sp³-hybridized carbons (Fsp3) is 1.00. The van der Waals surface area contributed by atoms with Crippen LogP contribution in [0.15, 0.2) is 0 Å². The second-order valence-electron chi connectivity index (χ2n) is 2.87. The highest BCUT2D eigenvalue weighted by atomic mass is 29.2. The van der Waals surface area contributed by atoms with Crippen molar-refractivity contribution in [3.63, 3.8) is 0 Å². The van der Waals surface area contributed by atoms with Gasteiger partial charge in [0.25, 0.3) is 0 Å². The van der Waals surface area contributed by atoms with Gasteiger partial charge < -0.3 is 0 Å². The van der Waals surface area contributed by atoms with E-state index in [2.05, 4.69) is 26.9 Å². The molecular formula is C6H18Si2. The quantitative estimate of drug-likeness (QED) is 0.533. The standard InChI is InChI=1S/C6H18Si2/c1-5-8(4,6-2)7-3/h5-7H2,1-4H3. The summed E-state index contributed by atoms with van der Waals surface area (Å²) in [5.41, 5.74) is 0. The average molecular weight is 146 g/mol. The Bertz CT molecular complexity index is 49.3. The van der Waals surface area contributed by atoms with Gasteiger partial charge in [0.1, 0.15) is 0 Å². The van der Waals surface area contributed by atoms with Crippen LogP contribution in [-0.2, 0) is 0 Å². The Hall–Kier alpha value is 0.434. The van der Waals surface area contributed by atoms with Gasteiger partial charge in [-0.05, 0) is 0 Å². The van der Waals surface area contributed by atoms with Crippen LogP contribution in [0.1, 0.15) is 13.8 Å². The third-order valence-electron chi connectivity index (χ3n) is 2.56. The predicted molar refractivity (Wildman–Crippen MR) is 47.0 cm³/mol. The van der Waals surface area contributed by atoms with Crippen LogP contribution in [0.3, 0.4) is 0 Å². The minimum absolute atomic E-state index is 0.370. The van der Waals surface area contributed by atoms with Crippen molar-refractivity contribution in [3.8, 4) is 0 Å². The third kappa shape index (κ3) is 2.13. The van der Waals surface area contributed by atoms with Crippen molar-refractivity contribution in [1.82, 2.24) is 0 Å². The molecular weight excluding hydrogens is 128 g/mol. The Kier molecular flexibility index (Phi) is 3.65. The van der Waals surface area contributed by atoms with E-state index in [1.165, 1.54) is 12.1 Å². The Balaban J connectivity index is 3.58. The first kappa shape index (κ1) is 8.43. The van der Waals surface area contributed by atoms with Gasteiger partial charge in [-0.2, -0.15) is 0 Å². The summed E-state index contributed by atoms with van der Waals surface area (Å²) in [6.45, 7) is 9.76. The van der Waals surface area contributed by atoms with Crippen molar-refractivity contribution in [2.45, 2.75) is 39.0 Å². The molecule has 0 spiro atoms. The lowest BCUT2D eigenvalue weighted by molar-refractivity contribution is 1.29. The van der Waals surface area contributed by atoms with E-state index < -0.39 is 7.59 Å². The highest BCUT2D eigenvalue weighted by Crippen LogP contribution is 2.11. The molecule has 2 heteroatoms. The smallest absolute Gasteiger partial charge is 0.0363 e. The summed E-state index contributed by atoms with van der Waals surface area (Å²) < 4.78 is 0. The molecule has 0 aromatic rings. The van der Waals surface area contributed by atoms with E-state index in [9.17, 15) is 0 Å². The first-order valence-corrected chi connectivity index (χ1v) is 10.3. The maximum Gasteiger partial charge on any atom is 0.0363 e. The molecule has 0 aliphatic rings. The molecule has 0 radical (unpaired) electrons. The lowest BCUT2D eigenvalue weighted by atomic mass is 10.9. The number of hydrogen-bond acceptors (Lipinski definition) is 0. The zero-order chi connectivity index (χ0) is 6.62. The first-order valence-electron chi connectivity index (χ1n) is 3.68. The van der Waals surface area contributed by atoms with E-state index in [1.54, 1.807) is 0 Å². The van der Waals surface area contributed by atoms with Crippen molar-refractivity contribution in [3.05, 3.63) is 0 Å².